The van der Waals surface area contributed by atoms with Gasteiger partial charge in [-0.25, -0.2) is 18.6 Å². The molecule has 2 rings (SSSR count). The fourth-order valence-electron chi connectivity index (χ4n) is 1.54. The van der Waals surface area contributed by atoms with Crippen LogP contribution in [0, 0.1) is 11.6 Å². The van der Waals surface area contributed by atoms with Crippen LogP contribution in [0.4, 0.5) is 8.78 Å². The highest BCUT2D eigenvalue weighted by Crippen LogP contribution is 2.26. The predicted octanol–water partition coefficient (Wildman–Crippen LogP) is 2.88. The second-order valence-electron chi connectivity index (χ2n) is 3.55. The molecule has 0 fully saturated rings. The smallest absolute Gasteiger partial charge is 0.373 e. The van der Waals surface area contributed by atoms with Crippen LogP contribution in [0.1, 0.15) is 23.2 Å². The number of benzene rings is 1. The maximum Gasteiger partial charge on any atom is 0.373 e. The van der Waals surface area contributed by atoms with E-state index in [-0.39, 0.29) is 22.9 Å². The first-order chi connectivity index (χ1) is 8.54. The van der Waals surface area contributed by atoms with Crippen LogP contribution in [0.25, 0.3) is 11.5 Å². The first-order valence-corrected chi connectivity index (χ1v) is 5.22. The number of nitrogens with zero attached hydrogens (tertiary/aromatic N) is 1. The van der Waals surface area contributed by atoms with Crippen LogP contribution in [0.3, 0.4) is 0 Å². The Bertz CT molecular complexity index is 607. The van der Waals surface area contributed by atoms with Crippen molar-refractivity contribution in [3.05, 3.63) is 41.3 Å². The number of aromatic nitrogens is 1. The van der Waals surface area contributed by atoms with Crippen LogP contribution in [-0.2, 0) is 6.42 Å². The van der Waals surface area contributed by atoms with Crippen molar-refractivity contribution in [2.45, 2.75) is 13.3 Å². The minimum Gasteiger partial charge on any atom is -0.475 e. The molecule has 0 bridgehead atoms. The number of aryl methyl sites for hydroxylation is 1. The lowest BCUT2D eigenvalue weighted by atomic mass is 10.2. The molecule has 0 atom stereocenters. The standard InChI is InChI=1S/C12H9F2NO3/c1-2-8-10(12(16)17)18-11(15-8)6-4-3-5-7(13)9(6)14/h3-5H,2H2,1H3,(H,16,17). The van der Waals surface area contributed by atoms with E-state index in [1.54, 1.807) is 6.92 Å². The summed E-state index contributed by atoms with van der Waals surface area (Å²) in [5.74, 6) is -4.03. The maximum atomic E-state index is 13.5. The molecule has 0 aliphatic heterocycles. The van der Waals surface area contributed by atoms with E-state index in [0.29, 0.717) is 6.42 Å². The van der Waals surface area contributed by atoms with Gasteiger partial charge in [-0.15, -0.1) is 0 Å². The Hall–Kier alpha value is -2.24. The number of halogens is 2. The maximum absolute atomic E-state index is 13.5. The van der Waals surface area contributed by atoms with Crippen LogP contribution >= 0.6 is 0 Å². The normalized spacial score (nSPS) is 10.6. The molecule has 0 radical (unpaired) electrons. The number of carboxylic acid groups (broad SMARTS) is 1. The number of oxazole rings is 1. The molecule has 94 valence electrons. The summed E-state index contributed by atoms with van der Waals surface area (Å²) in [5, 5.41) is 8.88. The van der Waals surface area contributed by atoms with E-state index in [1.165, 1.54) is 12.1 Å². The van der Waals surface area contributed by atoms with E-state index in [0.717, 1.165) is 6.07 Å². The Morgan fingerprint density at radius 2 is 2.17 bits per heavy atom. The van der Waals surface area contributed by atoms with Gasteiger partial charge in [-0.2, -0.15) is 0 Å². The van der Waals surface area contributed by atoms with Gasteiger partial charge in [0.15, 0.2) is 11.6 Å². The molecule has 1 heterocycles. The van der Waals surface area contributed by atoms with Crippen molar-refractivity contribution in [1.82, 2.24) is 4.98 Å². The Labute approximate surface area is 101 Å². The average Bonchev–Trinajstić information content (AvgIpc) is 2.76. The zero-order valence-corrected chi connectivity index (χ0v) is 9.41. The summed E-state index contributed by atoms with van der Waals surface area (Å²) in [6, 6.07) is 3.53. The van der Waals surface area contributed by atoms with Crippen molar-refractivity contribution in [1.29, 1.82) is 0 Å². The van der Waals surface area contributed by atoms with Crippen molar-refractivity contribution < 1.29 is 23.1 Å². The highest BCUT2D eigenvalue weighted by molar-refractivity contribution is 5.86. The van der Waals surface area contributed by atoms with Crippen molar-refractivity contribution in [3.63, 3.8) is 0 Å². The van der Waals surface area contributed by atoms with Gasteiger partial charge in [0.2, 0.25) is 11.7 Å². The lowest BCUT2D eigenvalue weighted by molar-refractivity contribution is 0.0661. The molecule has 4 nitrogen and oxygen atoms in total. The van der Waals surface area contributed by atoms with Crippen LogP contribution in [-0.4, -0.2) is 16.1 Å². The molecule has 6 heteroatoms. The van der Waals surface area contributed by atoms with Gasteiger partial charge in [0.05, 0.1) is 11.3 Å². The Morgan fingerprint density at radius 1 is 1.44 bits per heavy atom. The summed E-state index contributed by atoms with van der Waals surface area (Å²) in [6.45, 7) is 1.69. The molecule has 0 unspecified atom stereocenters. The summed E-state index contributed by atoms with van der Waals surface area (Å²) in [6.07, 6.45) is 0.321. The molecule has 0 amide bonds. The second-order valence-corrected chi connectivity index (χ2v) is 3.55. The fraction of sp³-hybridized carbons (Fsp3) is 0.167. The van der Waals surface area contributed by atoms with Gasteiger partial charge >= 0.3 is 5.97 Å². The van der Waals surface area contributed by atoms with E-state index in [1.807, 2.05) is 0 Å². The third-order valence-electron chi connectivity index (χ3n) is 2.41. The zero-order chi connectivity index (χ0) is 13.3. The lowest BCUT2D eigenvalue weighted by Gasteiger charge is -1.98. The number of rotatable bonds is 3. The van der Waals surface area contributed by atoms with E-state index in [9.17, 15) is 13.6 Å². The highest BCUT2D eigenvalue weighted by Gasteiger charge is 2.21. The lowest BCUT2D eigenvalue weighted by Crippen LogP contribution is -1.98. The third kappa shape index (κ3) is 1.97. The van der Waals surface area contributed by atoms with Crippen molar-refractivity contribution in [2.24, 2.45) is 0 Å². The van der Waals surface area contributed by atoms with Crippen molar-refractivity contribution >= 4 is 5.97 Å². The number of hydrogen-bond donors (Lipinski definition) is 1. The molecule has 1 aromatic heterocycles. The van der Waals surface area contributed by atoms with Gasteiger partial charge in [-0.1, -0.05) is 13.0 Å². The number of hydrogen-bond acceptors (Lipinski definition) is 3. The quantitative estimate of drug-likeness (QED) is 0.913. The minimum atomic E-state index is -1.29. The monoisotopic (exact) mass is 253 g/mol. The fourth-order valence-corrected chi connectivity index (χ4v) is 1.54. The summed E-state index contributed by atoms with van der Waals surface area (Å²) >= 11 is 0. The highest BCUT2D eigenvalue weighted by atomic mass is 19.2. The average molecular weight is 253 g/mol. The van der Waals surface area contributed by atoms with Gasteiger partial charge in [0.1, 0.15) is 0 Å². The van der Waals surface area contributed by atoms with Crippen molar-refractivity contribution in [3.8, 4) is 11.5 Å². The molecular weight excluding hydrogens is 244 g/mol. The topological polar surface area (TPSA) is 63.3 Å². The number of aromatic carboxylic acids is 1. The molecule has 2 aromatic rings. The van der Waals surface area contributed by atoms with Gasteiger partial charge in [-0.05, 0) is 18.6 Å². The van der Waals surface area contributed by atoms with Gasteiger partial charge < -0.3 is 9.52 Å². The van der Waals surface area contributed by atoms with Gasteiger partial charge in [-0.3, -0.25) is 0 Å². The summed E-state index contributed by atoms with van der Waals surface area (Å²) in [7, 11) is 0. The zero-order valence-electron chi connectivity index (χ0n) is 9.41. The number of carbonyl (C=O) groups is 1. The molecular formula is C12H9F2NO3. The molecule has 1 N–H and O–H groups in total. The predicted molar refractivity (Wildman–Crippen MR) is 58.2 cm³/mol. The second kappa shape index (κ2) is 4.56. The SMILES string of the molecule is CCc1nc(-c2cccc(F)c2F)oc1C(=O)O. The van der Waals surface area contributed by atoms with E-state index in [2.05, 4.69) is 4.98 Å². The van der Waals surface area contributed by atoms with E-state index in [4.69, 9.17) is 9.52 Å². The summed E-state index contributed by atoms with van der Waals surface area (Å²) in [5.41, 5.74) is -0.00152. The molecule has 0 spiro atoms. The van der Waals surface area contributed by atoms with E-state index < -0.39 is 17.6 Å². The van der Waals surface area contributed by atoms with Crippen molar-refractivity contribution in [2.75, 3.05) is 0 Å². The molecule has 1 aromatic carbocycles. The Balaban J connectivity index is 2.58. The molecule has 0 saturated carbocycles. The van der Waals surface area contributed by atoms with Gasteiger partial charge in [0.25, 0.3) is 0 Å². The van der Waals surface area contributed by atoms with Crippen LogP contribution in [0.5, 0.6) is 0 Å². The first-order valence-electron chi connectivity index (χ1n) is 5.22. The van der Waals surface area contributed by atoms with Gasteiger partial charge in [0, 0.05) is 0 Å². The molecule has 0 aliphatic rings. The molecule has 0 aliphatic carbocycles. The van der Waals surface area contributed by atoms with Crippen LogP contribution in [0.2, 0.25) is 0 Å². The van der Waals surface area contributed by atoms with E-state index >= 15 is 0 Å². The number of carboxylic acids is 1. The molecule has 0 saturated heterocycles. The first kappa shape index (κ1) is 12.2. The minimum absolute atomic E-state index is 0.196. The Morgan fingerprint density at radius 3 is 2.72 bits per heavy atom. The molecule has 18 heavy (non-hydrogen) atoms. The summed E-state index contributed by atoms with van der Waals surface area (Å²) in [4.78, 5) is 14.7. The van der Waals surface area contributed by atoms with Crippen LogP contribution < -0.4 is 0 Å². The Kier molecular flexibility index (Phi) is 3.10. The van der Waals surface area contributed by atoms with Crippen LogP contribution in [0.15, 0.2) is 22.6 Å². The summed E-state index contributed by atoms with van der Waals surface area (Å²) < 4.78 is 31.5. The largest absolute Gasteiger partial charge is 0.475 e. The third-order valence-corrected chi connectivity index (χ3v) is 2.41.